The zero-order valence-electron chi connectivity index (χ0n) is 13.4. The number of methoxy groups -OCH3 is 1. The highest BCUT2D eigenvalue weighted by atomic mass is 35.5. The predicted octanol–water partition coefficient (Wildman–Crippen LogP) is 3.42. The van der Waals surface area contributed by atoms with Gasteiger partial charge in [-0.1, -0.05) is 35.9 Å². The summed E-state index contributed by atoms with van der Waals surface area (Å²) in [6.45, 7) is 1.77. The van der Waals surface area contributed by atoms with E-state index in [1.54, 1.807) is 55.5 Å². The van der Waals surface area contributed by atoms with Crippen LogP contribution in [0, 0.1) is 0 Å². The molecule has 5 nitrogen and oxygen atoms in total. The fourth-order valence-electron chi connectivity index (χ4n) is 2.81. The first-order valence-electron chi connectivity index (χ1n) is 7.46. The minimum Gasteiger partial charge on any atom is -0.496 e. The van der Waals surface area contributed by atoms with Gasteiger partial charge in [-0.3, -0.25) is 4.79 Å². The quantitative estimate of drug-likeness (QED) is 0.928. The van der Waals surface area contributed by atoms with Crippen LogP contribution in [0.2, 0.25) is 5.02 Å². The highest BCUT2D eigenvalue weighted by Gasteiger charge is 2.45. The van der Waals surface area contributed by atoms with E-state index in [1.807, 2.05) is 0 Å². The number of hydrogen-bond donors (Lipinski definition) is 1. The van der Waals surface area contributed by atoms with Crippen LogP contribution in [0.3, 0.4) is 0 Å². The molecule has 0 saturated carbocycles. The van der Waals surface area contributed by atoms with E-state index < -0.39 is 11.6 Å². The molecule has 0 saturated heterocycles. The van der Waals surface area contributed by atoms with Crippen molar-refractivity contribution in [3.63, 3.8) is 0 Å². The molecule has 2 aromatic rings. The van der Waals surface area contributed by atoms with E-state index in [4.69, 9.17) is 16.3 Å². The Balaban J connectivity index is 2.04. The van der Waals surface area contributed by atoms with Crippen molar-refractivity contribution < 1.29 is 14.6 Å². The zero-order valence-corrected chi connectivity index (χ0v) is 14.1. The first kappa shape index (κ1) is 16.5. The number of halogens is 1. The van der Waals surface area contributed by atoms with Crippen LogP contribution in [-0.4, -0.2) is 28.8 Å². The Morgan fingerprint density at radius 1 is 1.25 bits per heavy atom. The van der Waals surface area contributed by atoms with Crippen LogP contribution in [0.4, 0.5) is 0 Å². The summed E-state index contributed by atoms with van der Waals surface area (Å²) in [7, 11) is 1.50. The lowest BCUT2D eigenvalue weighted by molar-refractivity contribution is -0.0766. The second-order valence-electron chi connectivity index (χ2n) is 5.65. The molecule has 0 radical (unpaired) electrons. The van der Waals surface area contributed by atoms with Crippen LogP contribution >= 0.6 is 11.6 Å². The second kappa shape index (κ2) is 6.26. The fourth-order valence-corrected chi connectivity index (χ4v) is 2.94. The molecule has 3 rings (SSSR count). The maximum Gasteiger partial charge on any atom is 0.280 e. The summed E-state index contributed by atoms with van der Waals surface area (Å²) in [5, 5.41) is 17.1. The number of carbonyl (C=O) groups is 1. The van der Waals surface area contributed by atoms with Gasteiger partial charge in [0.1, 0.15) is 5.75 Å². The molecule has 1 aliphatic heterocycles. The van der Waals surface area contributed by atoms with Crippen LogP contribution in [0.5, 0.6) is 5.75 Å². The lowest BCUT2D eigenvalue weighted by Gasteiger charge is -2.31. The van der Waals surface area contributed by atoms with E-state index in [9.17, 15) is 9.90 Å². The monoisotopic (exact) mass is 344 g/mol. The molecule has 0 aliphatic carbocycles. The molecule has 0 unspecified atom stereocenters. The molecule has 0 bridgehead atoms. The lowest BCUT2D eigenvalue weighted by Crippen LogP contribution is -2.43. The lowest BCUT2D eigenvalue weighted by atomic mass is 9.97. The summed E-state index contributed by atoms with van der Waals surface area (Å²) in [6, 6.07) is 13.6. The Labute approximate surface area is 145 Å². The molecule has 0 fully saturated rings. The van der Waals surface area contributed by atoms with Crippen molar-refractivity contribution in [2.45, 2.75) is 19.1 Å². The molecular formula is C18H17ClN2O3. The van der Waals surface area contributed by atoms with Gasteiger partial charge in [-0.25, -0.2) is 0 Å². The Morgan fingerprint density at radius 2 is 1.92 bits per heavy atom. The number of rotatable bonds is 3. The third-order valence-corrected chi connectivity index (χ3v) is 4.21. The third-order valence-electron chi connectivity index (χ3n) is 3.96. The molecule has 2 aromatic carbocycles. The maximum absolute atomic E-state index is 13.0. The number of para-hydroxylation sites is 1. The third kappa shape index (κ3) is 2.77. The van der Waals surface area contributed by atoms with Gasteiger partial charge in [0.15, 0.2) is 5.72 Å². The summed E-state index contributed by atoms with van der Waals surface area (Å²) in [5.41, 5.74) is 0.00404. The fraction of sp³-hybridized carbons (Fsp3) is 0.222. The SMILES string of the molecule is COc1ccccc1C(=O)N1N=C(C)C[C@]1(O)c1ccc(Cl)cc1. The van der Waals surface area contributed by atoms with Crippen molar-refractivity contribution in [1.82, 2.24) is 5.01 Å². The van der Waals surface area contributed by atoms with E-state index in [-0.39, 0.29) is 6.42 Å². The van der Waals surface area contributed by atoms with Gasteiger partial charge >= 0.3 is 0 Å². The van der Waals surface area contributed by atoms with Crippen LogP contribution in [-0.2, 0) is 5.72 Å². The van der Waals surface area contributed by atoms with Crippen molar-refractivity contribution in [2.75, 3.05) is 7.11 Å². The van der Waals surface area contributed by atoms with Crippen molar-refractivity contribution in [2.24, 2.45) is 5.10 Å². The summed E-state index contributed by atoms with van der Waals surface area (Å²) in [5.74, 6) is 0.00228. The van der Waals surface area contributed by atoms with E-state index in [0.29, 0.717) is 27.6 Å². The topological polar surface area (TPSA) is 62.1 Å². The molecule has 0 spiro atoms. The number of amides is 1. The highest BCUT2D eigenvalue weighted by molar-refractivity contribution is 6.30. The molecular weight excluding hydrogens is 328 g/mol. The number of nitrogens with zero attached hydrogens (tertiary/aromatic N) is 2. The van der Waals surface area contributed by atoms with Crippen molar-refractivity contribution in [3.05, 3.63) is 64.7 Å². The van der Waals surface area contributed by atoms with Gasteiger partial charge < -0.3 is 9.84 Å². The summed E-state index contributed by atoms with van der Waals surface area (Å²) < 4.78 is 5.25. The molecule has 1 amide bonds. The summed E-state index contributed by atoms with van der Waals surface area (Å²) in [6.07, 6.45) is 0.232. The minimum atomic E-state index is -1.55. The van der Waals surface area contributed by atoms with Crippen molar-refractivity contribution >= 4 is 23.2 Å². The summed E-state index contributed by atoms with van der Waals surface area (Å²) >= 11 is 5.92. The average molecular weight is 345 g/mol. The van der Waals surface area contributed by atoms with Gasteiger partial charge in [0.05, 0.1) is 12.7 Å². The van der Waals surface area contributed by atoms with Crippen LogP contribution in [0.15, 0.2) is 53.6 Å². The minimum absolute atomic E-state index is 0.232. The number of aliphatic hydroxyl groups is 1. The number of benzene rings is 2. The Morgan fingerprint density at radius 3 is 2.58 bits per heavy atom. The molecule has 1 N–H and O–H groups in total. The predicted molar refractivity (Wildman–Crippen MR) is 92.2 cm³/mol. The molecule has 1 atom stereocenters. The first-order valence-corrected chi connectivity index (χ1v) is 7.83. The largest absolute Gasteiger partial charge is 0.496 e. The van der Waals surface area contributed by atoms with Gasteiger partial charge in [0.2, 0.25) is 0 Å². The van der Waals surface area contributed by atoms with Crippen molar-refractivity contribution in [1.29, 1.82) is 0 Å². The van der Waals surface area contributed by atoms with Gasteiger partial charge in [-0.2, -0.15) is 10.1 Å². The van der Waals surface area contributed by atoms with Gasteiger partial charge in [0.25, 0.3) is 5.91 Å². The van der Waals surface area contributed by atoms with E-state index in [2.05, 4.69) is 5.10 Å². The molecule has 1 aliphatic rings. The number of carbonyl (C=O) groups excluding carboxylic acids is 1. The van der Waals surface area contributed by atoms with Crippen molar-refractivity contribution in [3.8, 4) is 5.75 Å². The van der Waals surface area contributed by atoms with E-state index in [0.717, 1.165) is 5.01 Å². The summed E-state index contributed by atoms with van der Waals surface area (Å²) in [4.78, 5) is 13.0. The van der Waals surface area contributed by atoms with Gasteiger partial charge in [-0.15, -0.1) is 0 Å². The smallest absolute Gasteiger partial charge is 0.280 e. The highest BCUT2D eigenvalue weighted by Crippen LogP contribution is 2.37. The number of hydrazone groups is 1. The maximum atomic E-state index is 13.0. The Bertz CT molecular complexity index is 804. The molecule has 0 aromatic heterocycles. The Kier molecular flexibility index (Phi) is 4.30. The van der Waals surface area contributed by atoms with Gasteiger partial charge in [-0.05, 0) is 31.2 Å². The van der Waals surface area contributed by atoms with Crippen LogP contribution in [0.1, 0.15) is 29.3 Å². The van der Waals surface area contributed by atoms with Gasteiger partial charge in [0, 0.05) is 22.7 Å². The standard InChI is InChI=1S/C18H17ClN2O3/c1-12-11-18(23,13-7-9-14(19)10-8-13)21(20-12)17(22)15-5-3-4-6-16(15)24-2/h3-10,23H,11H2,1-2H3/t18-/m0/s1. The second-order valence-corrected chi connectivity index (χ2v) is 6.09. The first-order chi connectivity index (χ1) is 11.5. The molecule has 6 heteroatoms. The Hall–Kier alpha value is -2.37. The molecule has 124 valence electrons. The van der Waals surface area contributed by atoms with E-state index >= 15 is 0 Å². The average Bonchev–Trinajstić information content (AvgIpc) is 2.90. The van der Waals surface area contributed by atoms with Crippen LogP contribution in [0.25, 0.3) is 0 Å². The normalized spacial score (nSPS) is 20.0. The molecule has 1 heterocycles. The van der Waals surface area contributed by atoms with E-state index in [1.165, 1.54) is 7.11 Å². The van der Waals surface area contributed by atoms with Crippen LogP contribution < -0.4 is 4.74 Å². The number of hydrogen-bond acceptors (Lipinski definition) is 4. The number of ether oxygens (including phenoxy) is 1. The molecule has 24 heavy (non-hydrogen) atoms. The zero-order chi connectivity index (χ0) is 17.3.